The van der Waals surface area contributed by atoms with Gasteiger partial charge in [0.1, 0.15) is 5.75 Å². The second-order valence-electron chi connectivity index (χ2n) is 6.18. The Bertz CT molecular complexity index is 1000. The van der Waals surface area contributed by atoms with E-state index in [1.807, 2.05) is 18.2 Å². The average molecular weight is 393 g/mol. The van der Waals surface area contributed by atoms with Crippen molar-refractivity contribution in [1.82, 2.24) is 0 Å². The van der Waals surface area contributed by atoms with E-state index < -0.39 is 15.9 Å². The van der Waals surface area contributed by atoms with Gasteiger partial charge < -0.3 is 5.11 Å². The molecule has 0 saturated heterocycles. The topological polar surface area (TPSA) is 95.8 Å². The van der Waals surface area contributed by atoms with Crippen molar-refractivity contribution in [3.63, 3.8) is 0 Å². The number of amides is 1. The van der Waals surface area contributed by atoms with E-state index in [-0.39, 0.29) is 22.9 Å². The highest BCUT2D eigenvalue weighted by molar-refractivity contribution is 7.92. The highest BCUT2D eigenvalue weighted by Gasteiger charge is 2.21. The number of carbonyl (C=O) groups excluding carboxylic acids is 1. The fourth-order valence-electron chi connectivity index (χ4n) is 2.99. The van der Waals surface area contributed by atoms with E-state index in [4.69, 9.17) is 11.6 Å². The first-order chi connectivity index (χ1) is 12.2. The van der Waals surface area contributed by atoms with Gasteiger partial charge >= 0.3 is 0 Å². The zero-order valence-electron chi connectivity index (χ0n) is 13.9. The van der Waals surface area contributed by atoms with E-state index in [0.717, 1.165) is 30.2 Å². The smallest absolute Gasteiger partial charge is 0.280 e. The minimum Gasteiger partial charge on any atom is -0.507 e. The molecule has 136 valence electrons. The molecule has 8 heteroatoms. The van der Waals surface area contributed by atoms with Crippen LogP contribution in [-0.2, 0) is 16.4 Å². The lowest BCUT2D eigenvalue weighted by Crippen LogP contribution is -2.09. The van der Waals surface area contributed by atoms with Crippen LogP contribution in [0, 0.1) is 0 Å². The van der Waals surface area contributed by atoms with Crippen LogP contribution < -0.4 is 4.72 Å². The van der Waals surface area contributed by atoms with E-state index in [9.17, 15) is 18.3 Å². The first kappa shape index (κ1) is 18.4. The zero-order chi connectivity index (χ0) is 18.9. The van der Waals surface area contributed by atoms with E-state index in [0.29, 0.717) is 5.02 Å². The van der Waals surface area contributed by atoms with Crippen LogP contribution in [0.3, 0.4) is 0 Å². The first-order valence-corrected chi connectivity index (χ1v) is 10.2. The fraction of sp³-hybridized carbons (Fsp3) is 0.222. The third kappa shape index (κ3) is 4.23. The summed E-state index contributed by atoms with van der Waals surface area (Å²) in [5, 5.41) is 10.7. The number of phenols is 1. The third-order valence-corrected chi connectivity index (χ3v) is 4.97. The third-order valence-electron chi connectivity index (χ3n) is 4.13. The maximum atomic E-state index is 12.3. The van der Waals surface area contributed by atoms with Gasteiger partial charge in [0.05, 0.1) is 17.5 Å². The van der Waals surface area contributed by atoms with Crippen molar-refractivity contribution in [3.8, 4) is 5.75 Å². The number of anilines is 1. The molecule has 0 fully saturated rings. The Kier molecular flexibility index (Phi) is 5.02. The number of aryl methyl sites for hydroxylation is 1. The maximum Gasteiger partial charge on any atom is 0.280 e. The Balaban J connectivity index is 1.76. The van der Waals surface area contributed by atoms with Crippen LogP contribution in [0.5, 0.6) is 5.75 Å². The standard InChI is InChI=1S/C18H17ClN2O4S/c1-26(24,25)21-14-5-7-16(17(22)9-14)18(23)20-10-12-3-2-11-8-13(19)4-6-15(11)12/h4-10,12,21-22H,2-3H2,1H3. The summed E-state index contributed by atoms with van der Waals surface area (Å²) in [5.74, 6) is -0.894. The summed E-state index contributed by atoms with van der Waals surface area (Å²) in [6.07, 6.45) is 4.30. The van der Waals surface area contributed by atoms with Crippen LogP contribution in [0.2, 0.25) is 5.02 Å². The molecule has 1 amide bonds. The first-order valence-electron chi connectivity index (χ1n) is 7.90. The predicted octanol–water partition coefficient (Wildman–Crippen LogP) is 3.36. The van der Waals surface area contributed by atoms with Gasteiger partial charge in [0.15, 0.2) is 0 Å². The minimum atomic E-state index is -3.46. The number of sulfonamides is 1. The van der Waals surface area contributed by atoms with Gasteiger partial charge in [0.2, 0.25) is 10.0 Å². The summed E-state index contributed by atoms with van der Waals surface area (Å²) in [5.41, 5.74) is 2.44. The number of nitrogens with one attached hydrogen (secondary N) is 1. The number of nitrogens with zero attached hydrogens (tertiary/aromatic N) is 1. The molecule has 0 spiro atoms. The van der Waals surface area contributed by atoms with Crippen LogP contribution >= 0.6 is 11.6 Å². The molecule has 1 atom stereocenters. The SMILES string of the molecule is CS(=O)(=O)Nc1ccc(C(=O)N=CC2CCc3cc(Cl)ccc32)c(O)c1. The molecule has 1 aliphatic carbocycles. The summed E-state index contributed by atoms with van der Waals surface area (Å²) in [4.78, 5) is 16.2. The number of hydrogen-bond acceptors (Lipinski definition) is 4. The molecule has 2 aromatic rings. The van der Waals surface area contributed by atoms with Crippen LogP contribution in [-0.4, -0.2) is 31.9 Å². The largest absolute Gasteiger partial charge is 0.507 e. The second-order valence-corrected chi connectivity index (χ2v) is 8.36. The Labute approximate surface area is 156 Å². The van der Waals surface area contributed by atoms with Crippen molar-refractivity contribution in [2.75, 3.05) is 11.0 Å². The number of fused-ring (bicyclic) bond motifs is 1. The van der Waals surface area contributed by atoms with Crippen LogP contribution in [0.1, 0.15) is 33.8 Å². The Morgan fingerprint density at radius 3 is 2.77 bits per heavy atom. The molecule has 6 nitrogen and oxygen atoms in total. The molecule has 0 aromatic heterocycles. The van der Waals surface area contributed by atoms with Crippen molar-refractivity contribution in [3.05, 3.63) is 58.1 Å². The highest BCUT2D eigenvalue weighted by atomic mass is 35.5. The van der Waals surface area contributed by atoms with Crippen LogP contribution in [0.25, 0.3) is 0 Å². The number of halogens is 1. The molecule has 0 heterocycles. The van der Waals surface area contributed by atoms with E-state index in [2.05, 4.69) is 9.71 Å². The normalized spacial score (nSPS) is 16.6. The Morgan fingerprint density at radius 1 is 1.31 bits per heavy atom. The van der Waals surface area contributed by atoms with Crippen molar-refractivity contribution < 1.29 is 18.3 Å². The molecule has 3 rings (SSSR count). The van der Waals surface area contributed by atoms with Gasteiger partial charge in [-0.2, -0.15) is 0 Å². The van der Waals surface area contributed by atoms with Gasteiger partial charge in [0, 0.05) is 23.2 Å². The van der Waals surface area contributed by atoms with E-state index in [1.165, 1.54) is 18.2 Å². The molecule has 0 bridgehead atoms. The Hall–Kier alpha value is -2.38. The summed E-state index contributed by atoms with van der Waals surface area (Å²) in [7, 11) is -3.46. The van der Waals surface area contributed by atoms with Gasteiger partial charge in [0.25, 0.3) is 5.91 Å². The molecule has 26 heavy (non-hydrogen) atoms. The summed E-state index contributed by atoms with van der Waals surface area (Å²) in [6, 6.07) is 9.59. The lowest BCUT2D eigenvalue weighted by atomic mass is 10.0. The zero-order valence-corrected chi connectivity index (χ0v) is 15.5. The fourth-order valence-corrected chi connectivity index (χ4v) is 3.74. The quantitative estimate of drug-likeness (QED) is 0.780. The monoisotopic (exact) mass is 392 g/mol. The van der Waals surface area contributed by atoms with E-state index in [1.54, 1.807) is 6.21 Å². The lowest BCUT2D eigenvalue weighted by molar-refractivity contribution is 0.100. The lowest BCUT2D eigenvalue weighted by Gasteiger charge is -2.07. The number of aromatic hydroxyl groups is 1. The van der Waals surface area contributed by atoms with E-state index >= 15 is 0 Å². The van der Waals surface area contributed by atoms with Crippen molar-refractivity contribution >= 4 is 39.4 Å². The van der Waals surface area contributed by atoms with Gasteiger partial charge in [-0.3, -0.25) is 9.52 Å². The van der Waals surface area contributed by atoms with Gasteiger partial charge in [-0.25, -0.2) is 13.4 Å². The van der Waals surface area contributed by atoms with Crippen LogP contribution in [0.4, 0.5) is 5.69 Å². The van der Waals surface area contributed by atoms with Gasteiger partial charge in [-0.05, 0) is 48.2 Å². The van der Waals surface area contributed by atoms with Crippen molar-refractivity contribution in [1.29, 1.82) is 0 Å². The highest BCUT2D eigenvalue weighted by Crippen LogP contribution is 2.33. The molecule has 0 saturated carbocycles. The molecule has 2 aromatic carbocycles. The number of hydrogen-bond donors (Lipinski definition) is 2. The molecule has 0 radical (unpaired) electrons. The van der Waals surface area contributed by atoms with Crippen LogP contribution in [0.15, 0.2) is 41.4 Å². The number of benzene rings is 2. The molecule has 2 N–H and O–H groups in total. The number of phenolic OH excluding ortho intramolecular Hbond substituents is 1. The predicted molar refractivity (Wildman–Crippen MR) is 102 cm³/mol. The molecule has 0 aliphatic heterocycles. The molecule has 1 unspecified atom stereocenters. The average Bonchev–Trinajstić information content (AvgIpc) is 2.93. The molecule has 1 aliphatic rings. The van der Waals surface area contributed by atoms with Gasteiger partial charge in [-0.1, -0.05) is 17.7 Å². The van der Waals surface area contributed by atoms with Gasteiger partial charge in [-0.15, -0.1) is 0 Å². The minimum absolute atomic E-state index is 0.00891. The number of carbonyl (C=O) groups is 1. The maximum absolute atomic E-state index is 12.3. The molecular weight excluding hydrogens is 376 g/mol. The summed E-state index contributed by atoms with van der Waals surface area (Å²) in [6.45, 7) is 0. The summed E-state index contributed by atoms with van der Waals surface area (Å²) >= 11 is 5.99. The molecular formula is C18H17ClN2O4S. The number of aliphatic imine (C=N–C) groups is 1. The Morgan fingerprint density at radius 2 is 2.08 bits per heavy atom. The number of rotatable bonds is 4. The summed E-state index contributed by atoms with van der Waals surface area (Å²) < 4.78 is 24.7. The van der Waals surface area contributed by atoms with Crippen molar-refractivity contribution in [2.45, 2.75) is 18.8 Å². The van der Waals surface area contributed by atoms with Crippen molar-refractivity contribution in [2.24, 2.45) is 4.99 Å². The second kappa shape index (κ2) is 7.09.